The van der Waals surface area contributed by atoms with Crippen molar-refractivity contribution in [3.8, 4) is 0 Å². The van der Waals surface area contributed by atoms with Crippen molar-refractivity contribution in [3.05, 3.63) is 22.2 Å². The summed E-state index contributed by atoms with van der Waals surface area (Å²) in [4.78, 5) is 27.5. The number of carbonyl (C=O) groups is 1. The van der Waals surface area contributed by atoms with E-state index in [0.29, 0.717) is 6.54 Å². The van der Waals surface area contributed by atoms with E-state index in [-0.39, 0.29) is 29.8 Å². The average molecular weight is 282 g/mol. The summed E-state index contributed by atoms with van der Waals surface area (Å²) in [5.41, 5.74) is 2.13. The van der Waals surface area contributed by atoms with E-state index >= 15 is 0 Å². The Morgan fingerprint density at radius 2 is 2.25 bits per heavy atom. The zero-order chi connectivity index (χ0) is 15.1. The topological polar surface area (TPSA) is 126 Å². The lowest BCUT2D eigenvalue weighted by Gasteiger charge is -2.18. The molecule has 9 heteroatoms. The van der Waals surface area contributed by atoms with Crippen LogP contribution in [0.15, 0.2) is 12.1 Å². The monoisotopic (exact) mass is 282 g/mol. The van der Waals surface area contributed by atoms with Gasteiger partial charge in [0.2, 0.25) is 11.7 Å². The molecule has 0 atom stereocenters. The number of nitro groups is 1. The van der Waals surface area contributed by atoms with Crippen molar-refractivity contribution in [1.82, 2.24) is 10.3 Å². The van der Waals surface area contributed by atoms with Gasteiger partial charge in [-0.3, -0.25) is 14.9 Å². The first-order valence-corrected chi connectivity index (χ1v) is 6.09. The third-order valence-electron chi connectivity index (χ3n) is 2.51. The molecule has 0 saturated carbocycles. The van der Waals surface area contributed by atoms with Gasteiger partial charge in [0, 0.05) is 19.7 Å². The van der Waals surface area contributed by atoms with Crippen molar-refractivity contribution in [1.29, 1.82) is 0 Å². The molecule has 0 bridgehead atoms. The van der Waals surface area contributed by atoms with Crippen LogP contribution < -0.4 is 21.5 Å². The number of pyridine rings is 1. The quantitative estimate of drug-likeness (QED) is 0.371. The van der Waals surface area contributed by atoms with Crippen molar-refractivity contribution < 1.29 is 9.72 Å². The van der Waals surface area contributed by atoms with Crippen LogP contribution in [0, 0.1) is 10.1 Å². The molecular formula is C11H18N6O3. The maximum absolute atomic E-state index is 11.6. The second-order valence-corrected chi connectivity index (χ2v) is 4.15. The molecule has 9 nitrogen and oxygen atoms in total. The van der Waals surface area contributed by atoms with Crippen LogP contribution in [0.1, 0.15) is 13.3 Å². The highest BCUT2D eigenvalue weighted by Crippen LogP contribution is 2.26. The summed E-state index contributed by atoms with van der Waals surface area (Å²) < 4.78 is 0. The van der Waals surface area contributed by atoms with Crippen molar-refractivity contribution in [3.63, 3.8) is 0 Å². The summed E-state index contributed by atoms with van der Waals surface area (Å²) in [5.74, 6) is 5.37. The SMILES string of the molecule is CCCNC(=O)CN(C)c1nc(NN)ccc1[N+](=O)[O-]. The Labute approximate surface area is 116 Å². The number of amides is 1. The number of nitrogens with zero attached hydrogens (tertiary/aromatic N) is 3. The Bertz CT molecular complexity index is 493. The average Bonchev–Trinajstić information content (AvgIpc) is 2.44. The smallest absolute Gasteiger partial charge is 0.311 e. The maximum Gasteiger partial charge on any atom is 0.311 e. The van der Waals surface area contributed by atoms with E-state index in [1.807, 2.05) is 6.92 Å². The van der Waals surface area contributed by atoms with Gasteiger partial charge in [-0.2, -0.15) is 0 Å². The van der Waals surface area contributed by atoms with Crippen LogP contribution in [0.2, 0.25) is 0 Å². The second kappa shape index (κ2) is 7.24. The minimum absolute atomic E-state index is 0.0259. The van der Waals surface area contributed by atoms with Crippen LogP contribution in [-0.2, 0) is 4.79 Å². The highest BCUT2D eigenvalue weighted by atomic mass is 16.6. The number of carbonyl (C=O) groups excluding carboxylic acids is 1. The standard InChI is InChI=1S/C11H18N6O3/c1-3-6-13-10(18)7-16(2)11-8(17(19)20)4-5-9(14-11)15-12/h4-5H,3,6-7,12H2,1-2H3,(H,13,18)(H,14,15). The van der Waals surface area contributed by atoms with Crippen LogP contribution in [-0.4, -0.2) is 36.0 Å². The maximum atomic E-state index is 11.6. The summed E-state index contributed by atoms with van der Waals surface area (Å²) in [6, 6.07) is 2.69. The lowest BCUT2D eigenvalue weighted by molar-refractivity contribution is -0.384. The van der Waals surface area contributed by atoms with Gasteiger partial charge in [-0.25, -0.2) is 10.8 Å². The molecule has 1 rings (SSSR count). The number of rotatable bonds is 7. The Morgan fingerprint density at radius 1 is 1.55 bits per heavy atom. The molecule has 20 heavy (non-hydrogen) atoms. The van der Waals surface area contributed by atoms with Crippen molar-refractivity contribution in [2.45, 2.75) is 13.3 Å². The number of hydrogen-bond donors (Lipinski definition) is 3. The Balaban J connectivity index is 2.92. The molecule has 0 aliphatic rings. The molecule has 1 amide bonds. The molecule has 0 aromatic carbocycles. The summed E-state index contributed by atoms with van der Waals surface area (Å²) in [7, 11) is 1.56. The van der Waals surface area contributed by atoms with Crippen LogP contribution in [0.3, 0.4) is 0 Å². The molecule has 0 spiro atoms. The molecule has 0 radical (unpaired) electrons. The molecule has 4 N–H and O–H groups in total. The fourth-order valence-electron chi connectivity index (χ4n) is 1.56. The molecule has 0 saturated heterocycles. The number of nitrogens with one attached hydrogen (secondary N) is 2. The van der Waals surface area contributed by atoms with Gasteiger partial charge in [-0.05, 0) is 12.5 Å². The number of nitrogens with two attached hydrogens (primary N) is 1. The number of likely N-dealkylation sites (N-methyl/N-ethyl adjacent to an activating group) is 1. The Hall–Kier alpha value is -2.42. The molecule has 0 aliphatic carbocycles. The van der Waals surface area contributed by atoms with Gasteiger partial charge in [-0.1, -0.05) is 6.92 Å². The van der Waals surface area contributed by atoms with E-state index in [1.165, 1.54) is 17.0 Å². The highest BCUT2D eigenvalue weighted by Gasteiger charge is 2.21. The van der Waals surface area contributed by atoms with Gasteiger partial charge < -0.3 is 15.6 Å². The summed E-state index contributed by atoms with van der Waals surface area (Å²) in [5, 5.41) is 13.7. The van der Waals surface area contributed by atoms with Crippen molar-refractivity contribution >= 4 is 23.2 Å². The number of hydrazine groups is 1. The predicted molar refractivity (Wildman–Crippen MR) is 75.3 cm³/mol. The van der Waals surface area contributed by atoms with Gasteiger partial charge in [0.1, 0.15) is 5.82 Å². The summed E-state index contributed by atoms with van der Waals surface area (Å²) in [6.07, 6.45) is 0.820. The molecule has 0 aliphatic heterocycles. The molecule has 0 unspecified atom stereocenters. The normalized spacial score (nSPS) is 9.95. The second-order valence-electron chi connectivity index (χ2n) is 4.15. The number of aromatic nitrogens is 1. The fraction of sp³-hybridized carbons (Fsp3) is 0.455. The summed E-state index contributed by atoms with van der Waals surface area (Å²) >= 11 is 0. The van der Waals surface area contributed by atoms with E-state index < -0.39 is 4.92 Å². The van der Waals surface area contributed by atoms with Crippen molar-refractivity contribution in [2.24, 2.45) is 5.84 Å². The van der Waals surface area contributed by atoms with E-state index in [0.717, 1.165) is 6.42 Å². The first-order valence-electron chi connectivity index (χ1n) is 6.09. The Kier molecular flexibility index (Phi) is 5.66. The first kappa shape index (κ1) is 15.6. The largest absolute Gasteiger partial charge is 0.355 e. The molecule has 1 aromatic heterocycles. The van der Waals surface area contributed by atoms with E-state index in [4.69, 9.17) is 5.84 Å². The van der Waals surface area contributed by atoms with Gasteiger partial charge in [0.25, 0.3) is 0 Å². The molecule has 110 valence electrons. The first-order chi connectivity index (χ1) is 9.49. The van der Waals surface area contributed by atoms with Crippen LogP contribution in [0.25, 0.3) is 0 Å². The third kappa shape index (κ3) is 4.05. The van der Waals surface area contributed by atoms with Crippen LogP contribution >= 0.6 is 0 Å². The van der Waals surface area contributed by atoms with E-state index in [2.05, 4.69) is 15.7 Å². The molecule has 1 heterocycles. The predicted octanol–water partition coefficient (Wildman–Crippen LogP) is 0.238. The lowest BCUT2D eigenvalue weighted by atomic mass is 10.3. The van der Waals surface area contributed by atoms with E-state index in [9.17, 15) is 14.9 Å². The minimum atomic E-state index is -0.553. The van der Waals surface area contributed by atoms with E-state index in [1.54, 1.807) is 7.05 Å². The Morgan fingerprint density at radius 3 is 2.80 bits per heavy atom. The fourth-order valence-corrected chi connectivity index (χ4v) is 1.56. The van der Waals surface area contributed by atoms with Gasteiger partial charge >= 0.3 is 5.69 Å². The molecule has 0 fully saturated rings. The zero-order valence-electron chi connectivity index (χ0n) is 11.4. The number of hydrogen-bond acceptors (Lipinski definition) is 7. The zero-order valence-corrected chi connectivity index (χ0v) is 11.4. The number of anilines is 2. The third-order valence-corrected chi connectivity index (χ3v) is 2.51. The summed E-state index contributed by atoms with van der Waals surface area (Å²) in [6.45, 7) is 2.47. The lowest BCUT2D eigenvalue weighted by Crippen LogP contribution is -2.36. The van der Waals surface area contributed by atoms with Crippen molar-refractivity contribution in [2.75, 3.05) is 30.5 Å². The molecular weight excluding hydrogens is 264 g/mol. The highest BCUT2D eigenvalue weighted by molar-refractivity contribution is 5.81. The van der Waals surface area contributed by atoms with Crippen LogP contribution in [0.4, 0.5) is 17.3 Å². The van der Waals surface area contributed by atoms with Crippen LogP contribution in [0.5, 0.6) is 0 Å². The number of nitrogen functional groups attached to an aromatic ring is 1. The minimum Gasteiger partial charge on any atom is -0.355 e. The molecule has 1 aromatic rings. The van der Waals surface area contributed by atoms with Gasteiger partial charge in [0.15, 0.2) is 0 Å². The van der Waals surface area contributed by atoms with Gasteiger partial charge in [0.05, 0.1) is 11.5 Å². The van der Waals surface area contributed by atoms with Gasteiger partial charge in [-0.15, -0.1) is 0 Å².